The molecule has 0 amide bonds. The zero-order chi connectivity index (χ0) is 6.24. The fourth-order valence-corrected chi connectivity index (χ4v) is 0.408. The molecule has 0 N–H and O–H groups in total. The van der Waals surface area contributed by atoms with Gasteiger partial charge in [-0.2, -0.15) is 10.5 Å². The molecule has 0 aliphatic rings. The Hall–Kier alpha value is 0.546. The molecule has 0 aromatic heterocycles. The topological polar surface area (TPSA) is 47.6 Å². The van der Waals surface area contributed by atoms with Gasteiger partial charge in [0.25, 0.3) is 0 Å². The predicted octanol–water partition coefficient (Wildman–Crippen LogP) is -4.40. The van der Waals surface area contributed by atoms with Crippen molar-refractivity contribution in [2.24, 2.45) is 0 Å². The number of hydrogen-bond acceptors (Lipinski definition) is 2. The number of unbranched alkanes of at least 4 members (excludes halogenated alkanes) is 3. The van der Waals surface area contributed by atoms with Crippen molar-refractivity contribution in [2.75, 3.05) is 0 Å². The maximum atomic E-state index is 8.03. The van der Waals surface area contributed by atoms with Crippen molar-refractivity contribution < 1.29 is 56.1 Å². The van der Waals surface area contributed by atoms with Crippen LogP contribution < -0.4 is 56.1 Å². The molecule has 10 heavy (non-hydrogen) atoms. The van der Waals surface area contributed by atoms with Gasteiger partial charge in [0.15, 0.2) is 0 Å². The van der Waals surface area contributed by atoms with E-state index in [1.165, 1.54) is 0 Å². The van der Waals surface area contributed by atoms with Crippen LogP contribution in [0.5, 0.6) is 0 Å². The summed E-state index contributed by atoms with van der Waals surface area (Å²) < 4.78 is 0. The van der Waals surface area contributed by atoms with Gasteiger partial charge in [0.2, 0.25) is 0 Å². The number of rotatable bonds is 3. The van der Waals surface area contributed by atoms with Gasteiger partial charge in [0, 0.05) is 12.8 Å². The summed E-state index contributed by atoms with van der Waals surface area (Å²) in [6.07, 6.45) is 2.90. The third kappa shape index (κ3) is 15.8. The first-order valence-corrected chi connectivity index (χ1v) is 2.65. The van der Waals surface area contributed by atoms with Crippen molar-refractivity contribution in [2.45, 2.75) is 25.7 Å². The molecule has 0 rings (SSSR count). The molecule has 0 aliphatic carbocycles. The molecule has 4 heteroatoms. The second kappa shape index (κ2) is 16.3. The minimum Gasteiger partial charge on any atom is -1.00 e. The van der Waals surface area contributed by atoms with Crippen molar-refractivity contribution in [3.63, 3.8) is 0 Å². The smallest absolute Gasteiger partial charge is 1.00 e. The second-order valence-electron chi connectivity index (χ2n) is 1.52. The summed E-state index contributed by atoms with van der Waals surface area (Å²) >= 11 is 0. The maximum Gasteiger partial charge on any atom is 1.00 e. The molecule has 2 nitrogen and oxygen atoms in total. The molecule has 0 spiro atoms. The molecular formula is C6H8FKN2. The molecule has 0 fully saturated rings. The van der Waals surface area contributed by atoms with E-state index in [4.69, 9.17) is 10.5 Å². The van der Waals surface area contributed by atoms with Crippen LogP contribution in [0.25, 0.3) is 0 Å². The van der Waals surface area contributed by atoms with E-state index in [1.54, 1.807) is 0 Å². The third-order valence-electron chi connectivity index (χ3n) is 0.827. The van der Waals surface area contributed by atoms with Crippen molar-refractivity contribution in [1.82, 2.24) is 0 Å². The summed E-state index contributed by atoms with van der Waals surface area (Å²) in [5, 5.41) is 16.1. The summed E-state index contributed by atoms with van der Waals surface area (Å²) in [7, 11) is 0. The van der Waals surface area contributed by atoms with Crippen LogP contribution in [0.4, 0.5) is 0 Å². The minimum absolute atomic E-state index is 0. The fourth-order valence-electron chi connectivity index (χ4n) is 0.408. The number of nitriles is 2. The van der Waals surface area contributed by atoms with E-state index in [0.717, 1.165) is 12.8 Å². The molecule has 0 saturated heterocycles. The summed E-state index contributed by atoms with van der Waals surface area (Å²) in [6, 6.07) is 4.03. The van der Waals surface area contributed by atoms with E-state index in [0.29, 0.717) is 12.8 Å². The number of nitrogens with zero attached hydrogens (tertiary/aromatic N) is 2. The first kappa shape index (κ1) is 16.9. The normalized spacial score (nSPS) is 5.80. The van der Waals surface area contributed by atoms with Crippen molar-refractivity contribution in [3.05, 3.63) is 0 Å². The van der Waals surface area contributed by atoms with Crippen molar-refractivity contribution in [1.29, 1.82) is 10.5 Å². The van der Waals surface area contributed by atoms with Crippen LogP contribution in [0.3, 0.4) is 0 Å². The molecule has 50 valence electrons. The van der Waals surface area contributed by atoms with Gasteiger partial charge < -0.3 is 4.70 Å². The quantitative estimate of drug-likeness (QED) is 0.314. The molecule has 0 atom stereocenters. The van der Waals surface area contributed by atoms with Gasteiger partial charge >= 0.3 is 51.4 Å². The monoisotopic (exact) mass is 166 g/mol. The van der Waals surface area contributed by atoms with Gasteiger partial charge in [-0.1, -0.05) is 0 Å². The zero-order valence-corrected chi connectivity index (χ0v) is 9.22. The Kier molecular flexibility index (Phi) is 27.5. The van der Waals surface area contributed by atoms with Gasteiger partial charge in [0.1, 0.15) is 0 Å². The first-order valence-electron chi connectivity index (χ1n) is 2.65. The first-order chi connectivity index (χ1) is 3.91. The SMILES string of the molecule is N#CCCCCC#N.[F-].[K+]. The van der Waals surface area contributed by atoms with Crippen LogP contribution >= 0.6 is 0 Å². The summed E-state index contributed by atoms with van der Waals surface area (Å²) in [5.41, 5.74) is 0. The van der Waals surface area contributed by atoms with Gasteiger partial charge in [0.05, 0.1) is 12.1 Å². The van der Waals surface area contributed by atoms with E-state index >= 15 is 0 Å². The Bertz CT molecular complexity index is 109. The molecule has 0 aromatic carbocycles. The van der Waals surface area contributed by atoms with Crippen molar-refractivity contribution in [3.8, 4) is 12.1 Å². The molecule has 0 radical (unpaired) electrons. The average molecular weight is 166 g/mol. The summed E-state index contributed by atoms with van der Waals surface area (Å²) in [6.45, 7) is 0. The van der Waals surface area contributed by atoms with Gasteiger partial charge in [-0.05, 0) is 12.8 Å². The summed E-state index contributed by atoms with van der Waals surface area (Å²) in [5.74, 6) is 0. The molecule has 0 heterocycles. The third-order valence-corrected chi connectivity index (χ3v) is 0.827. The zero-order valence-electron chi connectivity index (χ0n) is 6.10. The van der Waals surface area contributed by atoms with Crippen molar-refractivity contribution >= 4 is 0 Å². The van der Waals surface area contributed by atoms with Gasteiger partial charge in [-0.25, -0.2) is 0 Å². The number of hydrogen-bond donors (Lipinski definition) is 0. The van der Waals surface area contributed by atoms with Crippen LogP contribution in [0, 0.1) is 22.7 Å². The van der Waals surface area contributed by atoms with E-state index < -0.39 is 0 Å². The maximum absolute atomic E-state index is 8.03. The Balaban J connectivity index is -0.000000245. The molecule has 0 aliphatic heterocycles. The summed E-state index contributed by atoms with van der Waals surface area (Å²) in [4.78, 5) is 0. The molecule has 0 saturated carbocycles. The van der Waals surface area contributed by atoms with Gasteiger partial charge in [-0.15, -0.1) is 0 Å². The molecular weight excluding hydrogens is 158 g/mol. The van der Waals surface area contributed by atoms with E-state index in [1.807, 2.05) is 12.1 Å². The van der Waals surface area contributed by atoms with E-state index in [2.05, 4.69) is 0 Å². The van der Waals surface area contributed by atoms with Crippen LogP contribution in [0.1, 0.15) is 25.7 Å². The van der Waals surface area contributed by atoms with Crippen LogP contribution in [-0.4, -0.2) is 0 Å². The minimum atomic E-state index is 0. The molecule has 0 aromatic rings. The molecule has 0 bridgehead atoms. The standard InChI is InChI=1S/C6H8N2.FH.K/c7-5-3-1-2-4-6-8;;/h1-4H2;1H;/q;;+1/p-1. The Morgan fingerprint density at radius 1 is 0.900 bits per heavy atom. The average Bonchev–Trinajstić information content (AvgIpc) is 1.81. The van der Waals surface area contributed by atoms with Gasteiger partial charge in [-0.3, -0.25) is 0 Å². The second-order valence-corrected chi connectivity index (χ2v) is 1.52. The van der Waals surface area contributed by atoms with Crippen LogP contribution in [-0.2, 0) is 0 Å². The van der Waals surface area contributed by atoms with E-state index in [-0.39, 0.29) is 56.1 Å². The number of halogens is 1. The largest absolute Gasteiger partial charge is 1.00 e. The predicted molar refractivity (Wildman–Crippen MR) is 29.7 cm³/mol. The van der Waals surface area contributed by atoms with Crippen LogP contribution in [0.2, 0.25) is 0 Å². The Labute approximate surface area is 103 Å². The van der Waals surface area contributed by atoms with E-state index in [9.17, 15) is 0 Å². The Morgan fingerprint density at radius 3 is 1.40 bits per heavy atom. The molecule has 0 unspecified atom stereocenters. The van der Waals surface area contributed by atoms with Crippen LogP contribution in [0.15, 0.2) is 0 Å². The fraction of sp³-hybridized carbons (Fsp3) is 0.667. The Morgan fingerprint density at radius 2 is 1.20 bits per heavy atom.